The fraction of sp³-hybridized carbons (Fsp3) is 0.188. The Morgan fingerprint density at radius 3 is 2.20 bits per heavy atom. The van der Waals surface area contributed by atoms with E-state index in [4.69, 9.17) is 5.11 Å². The molecule has 0 fully saturated rings. The van der Waals surface area contributed by atoms with Crippen LogP contribution in [0.25, 0.3) is 11.1 Å². The monoisotopic (exact) mass is 364 g/mol. The van der Waals surface area contributed by atoms with E-state index < -0.39 is 41.8 Å². The van der Waals surface area contributed by atoms with Gasteiger partial charge in [0, 0.05) is 0 Å². The van der Waals surface area contributed by atoms with E-state index in [0.29, 0.717) is 0 Å². The lowest BCUT2D eigenvalue weighted by molar-refractivity contribution is -0.274. The first-order chi connectivity index (χ1) is 11.5. The lowest BCUT2D eigenvalue weighted by Gasteiger charge is -2.17. The van der Waals surface area contributed by atoms with Gasteiger partial charge in [-0.05, 0) is 34.9 Å². The fourth-order valence-electron chi connectivity index (χ4n) is 2.34. The van der Waals surface area contributed by atoms with Crippen molar-refractivity contribution in [2.24, 2.45) is 0 Å². The summed E-state index contributed by atoms with van der Waals surface area (Å²) in [6.07, 6.45) is -10.5. The topological polar surface area (TPSA) is 46.5 Å². The molecule has 0 spiro atoms. The van der Waals surface area contributed by atoms with Crippen molar-refractivity contribution >= 4 is 5.97 Å². The zero-order valence-corrected chi connectivity index (χ0v) is 12.3. The van der Waals surface area contributed by atoms with Crippen molar-refractivity contribution in [3.8, 4) is 16.9 Å². The minimum Gasteiger partial charge on any atom is -0.481 e. The van der Waals surface area contributed by atoms with Crippen molar-refractivity contribution in [1.29, 1.82) is 0 Å². The standard InChI is InChI=1S/C16H10F6O3/c17-15(18,19)12-6-2-4-10(8-13(23)24)14(12)9-3-1-5-11(7-9)25-16(20,21)22/h1-7H,8H2,(H,23,24). The number of halogens is 6. The number of ether oxygens (including phenoxy) is 1. The van der Waals surface area contributed by atoms with Crippen LogP contribution < -0.4 is 4.74 Å². The maximum atomic E-state index is 13.3. The summed E-state index contributed by atoms with van der Waals surface area (Å²) in [7, 11) is 0. The van der Waals surface area contributed by atoms with Crippen LogP contribution in [-0.2, 0) is 17.4 Å². The number of aliphatic carboxylic acids is 1. The van der Waals surface area contributed by atoms with Crippen molar-refractivity contribution < 1.29 is 41.0 Å². The summed E-state index contributed by atoms with van der Waals surface area (Å²) in [5.74, 6) is -2.08. The SMILES string of the molecule is O=C(O)Cc1cccc(C(F)(F)F)c1-c1cccc(OC(F)(F)F)c1. The summed E-state index contributed by atoms with van der Waals surface area (Å²) in [6, 6.07) is 6.91. The Balaban J connectivity index is 2.64. The van der Waals surface area contributed by atoms with Crippen LogP contribution in [0, 0.1) is 0 Å². The number of alkyl halides is 6. The highest BCUT2D eigenvalue weighted by atomic mass is 19.4. The predicted octanol–water partition coefficient (Wildman–Crippen LogP) is 4.90. The Kier molecular flexibility index (Phi) is 4.96. The van der Waals surface area contributed by atoms with E-state index in [9.17, 15) is 31.1 Å². The average molecular weight is 364 g/mol. The highest BCUT2D eigenvalue weighted by Crippen LogP contribution is 2.40. The van der Waals surface area contributed by atoms with Gasteiger partial charge in [0.2, 0.25) is 0 Å². The third-order valence-corrected chi connectivity index (χ3v) is 3.15. The number of carboxylic acids is 1. The number of hydrogen-bond donors (Lipinski definition) is 1. The van der Waals surface area contributed by atoms with Crippen LogP contribution in [0.3, 0.4) is 0 Å². The Morgan fingerprint density at radius 1 is 1.00 bits per heavy atom. The molecule has 2 aromatic carbocycles. The number of carboxylic acid groups (broad SMARTS) is 1. The fourth-order valence-corrected chi connectivity index (χ4v) is 2.34. The van der Waals surface area contributed by atoms with Crippen molar-refractivity contribution in [3.05, 3.63) is 53.6 Å². The molecule has 2 rings (SSSR count). The van der Waals surface area contributed by atoms with Gasteiger partial charge in [-0.15, -0.1) is 13.2 Å². The molecule has 134 valence electrons. The number of carbonyl (C=O) groups is 1. The lowest BCUT2D eigenvalue weighted by atomic mass is 9.92. The van der Waals surface area contributed by atoms with Crippen LogP contribution >= 0.6 is 0 Å². The Labute approximate surface area is 137 Å². The Bertz CT molecular complexity index is 780. The van der Waals surface area contributed by atoms with Gasteiger partial charge < -0.3 is 9.84 Å². The van der Waals surface area contributed by atoms with Crippen molar-refractivity contribution in [1.82, 2.24) is 0 Å². The van der Waals surface area contributed by atoms with Gasteiger partial charge in [-0.2, -0.15) is 13.2 Å². The van der Waals surface area contributed by atoms with Crippen LogP contribution in [0.1, 0.15) is 11.1 Å². The number of benzene rings is 2. The van der Waals surface area contributed by atoms with Gasteiger partial charge in [0.25, 0.3) is 0 Å². The van der Waals surface area contributed by atoms with Crippen molar-refractivity contribution in [2.75, 3.05) is 0 Å². The molecular weight excluding hydrogens is 354 g/mol. The molecule has 0 saturated carbocycles. The van der Waals surface area contributed by atoms with Crippen LogP contribution in [0.2, 0.25) is 0 Å². The van der Waals surface area contributed by atoms with E-state index >= 15 is 0 Å². The number of hydrogen-bond acceptors (Lipinski definition) is 2. The predicted molar refractivity (Wildman–Crippen MR) is 74.9 cm³/mol. The van der Waals surface area contributed by atoms with Gasteiger partial charge in [0.1, 0.15) is 5.75 Å². The smallest absolute Gasteiger partial charge is 0.481 e. The highest BCUT2D eigenvalue weighted by Gasteiger charge is 2.35. The summed E-state index contributed by atoms with van der Waals surface area (Å²) in [5, 5.41) is 8.88. The first kappa shape index (κ1) is 18.6. The first-order valence-electron chi connectivity index (χ1n) is 6.74. The first-order valence-corrected chi connectivity index (χ1v) is 6.74. The molecule has 3 nitrogen and oxygen atoms in total. The molecule has 0 aliphatic rings. The van der Waals surface area contributed by atoms with E-state index in [-0.39, 0.29) is 11.1 Å². The second-order valence-corrected chi connectivity index (χ2v) is 4.98. The maximum Gasteiger partial charge on any atom is 0.573 e. The molecule has 0 heterocycles. The van der Waals surface area contributed by atoms with E-state index in [1.54, 1.807) is 0 Å². The summed E-state index contributed by atoms with van der Waals surface area (Å²) >= 11 is 0. The second kappa shape index (κ2) is 6.66. The van der Waals surface area contributed by atoms with Crippen LogP contribution in [0.15, 0.2) is 42.5 Å². The molecule has 0 unspecified atom stereocenters. The largest absolute Gasteiger partial charge is 0.573 e. The summed E-state index contributed by atoms with van der Waals surface area (Å²) in [4.78, 5) is 10.9. The lowest BCUT2D eigenvalue weighted by Crippen LogP contribution is -2.17. The molecule has 2 aromatic rings. The van der Waals surface area contributed by atoms with Gasteiger partial charge in [0.15, 0.2) is 0 Å². The van der Waals surface area contributed by atoms with Gasteiger partial charge >= 0.3 is 18.5 Å². The normalized spacial score (nSPS) is 12.1. The van der Waals surface area contributed by atoms with E-state index in [2.05, 4.69) is 4.74 Å². The zero-order valence-electron chi connectivity index (χ0n) is 12.3. The minimum atomic E-state index is -5.01. The summed E-state index contributed by atoms with van der Waals surface area (Å²) < 4.78 is 80.5. The van der Waals surface area contributed by atoms with Crippen LogP contribution in [0.5, 0.6) is 5.75 Å². The summed E-state index contributed by atoms with van der Waals surface area (Å²) in [6.45, 7) is 0. The molecule has 0 saturated heterocycles. The quantitative estimate of drug-likeness (QED) is 0.785. The third kappa shape index (κ3) is 4.88. The molecule has 0 aliphatic heterocycles. The van der Waals surface area contributed by atoms with Crippen LogP contribution in [-0.4, -0.2) is 17.4 Å². The average Bonchev–Trinajstić information content (AvgIpc) is 2.44. The van der Waals surface area contributed by atoms with Gasteiger partial charge in [0.05, 0.1) is 12.0 Å². The van der Waals surface area contributed by atoms with Gasteiger partial charge in [-0.3, -0.25) is 4.79 Å². The van der Waals surface area contributed by atoms with E-state index in [1.165, 1.54) is 6.07 Å². The summed E-state index contributed by atoms with van der Waals surface area (Å²) in [5.41, 5.74) is -2.04. The molecule has 0 radical (unpaired) electrons. The van der Waals surface area contributed by atoms with Crippen molar-refractivity contribution in [3.63, 3.8) is 0 Å². The van der Waals surface area contributed by atoms with Gasteiger partial charge in [-0.1, -0.05) is 24.3 Å². The minimum absolute atomic E-state index is 0.175. The zero-order chi connectivity index (χ0) is 18.8. The second-order valence-electron chi connectivity index (χ2n) is 4.98. The van der Waals surface area contributed by atoms with E-state index in [1.807, 2.05) is 0 Å². The Morgan fingerprint density at radius 2 is 1.64 bits per heavy atom. The van der Waals surface area contributed by atoms with Crippen molar-refractivity contribution in [2.45, 2.75) is 19.0 Å². The third-order valence-electron chi connectivity index (χ3n) is 3.15. The molecule has 1 N–H and O–H groups in total. The maximum absolute atomic E-state index is 13.3. The number of rotatable bonds is 4. The highest BCUT2D eigenvalue weighted by molar-refractivity contribution is 5.79. The van der Waals surface area contributed by atoms with Crippen LogP contribution in [0.4, 0.5) is 26.3 Å². The van der Waals surface area contributed by atoms with E-state index in [0.717, 1.165) is 36.4 Å². The molecule has 9 heteroatoms. The van der Waals surface area contributed by atoms with Gasteiger partial charge in [-0.25, -0.2) is 0 Å². The molecule has 0 aliphatic carbocycles. The molecule has 0 bridgehead atoms. The molecule has 0 atom stereocenters. The molecule has 25 heavy (non-hydrogen) atoms. The molecular formula is C16H10F6O3. The molecule has 0 amide bonds. The Hall–Kier alpha value is -2.71. The molecule has 0 aromatic heterocycles.